The Morgan fingerprint density at radius 1 is 1.26 bits per heavy atom. The molecule has 0 bridgehead atoms. The van der Waals surface area contributed by atoms with Crippen molar-refractivity contribution in [2.75, 3.05) is 26.2 Å². The van der Waals surface area contributed by atoms with Crippen LogP contribution in [0, 0.1) is 11.3 Å². The molecule has 1 heterocycles. The second-order valence-electron chi connectivity index (χ2n) is 5.93. The molecule has 3 N–H and O–H groups in total. The van der Waals surface area contributed by atoms with E-state index in [0.717, 1.165) is 19.5 Å². The van der Waals surface area contributed by atoms with E-state index in [1.807, 2.05) is 20.8 Å². The van der Waals surface area contributed by atoms with E-state index in [-0.39, 0.29) is 30.8 Å². The first-order valence-corrected chi connectivity index (χ1v) is 6.65. The molecule has 0 aromatic carbocycles. The lowest BCUT2D eigenvalue weighted by molar-refractivity contribution is -0.131. The molecule has 2 amide bonds. The molecular weight excluding hydrogens is 266 g/mol. The highest BCUT2D eigenvalue weighted by atomic mass is 35.5. The Labute approximate surface area is 121 Å². The van der Waals surface area contributed by atoms with Crippen LogP contribution in [-0.2, 0) is 9.59 Å². The Hall–Kier alpha value is -0.810. The number of carbonyl (C=O) groups is 2. The number of rotatable bonds is 5. The molecule has 0 spiro atoms. The van der Waals surface area contributed by atoms with Gasteiger partial charge in [-0.15, -0.1) is 12.4 Å². The third-order valence-corrected chi connectivity index (χ3v) is 3.13. The molecule has 0 aromatic rings. The summed E-state index contributed by atoms with van der Waals surface area (Å²) in [5, 5.41) is 8.77. The van der Waals surface area contributed by atoms with E-state index >= 15 is 0 Å². The number of hydrogen-bond donors (Lipinski definition) is 3. The van der Waals surface area contributed by atoms with Crippen LogP contribution in [0.25, 0.3) is 0 Å². The molecule has 1 rings (SSSR count). The summed E-state index contributed by atoms with van der Waals surface area (Å²) >= 11 is 0. The van der Waals surface area contributed by atoms with E-state index in [9.17, 15) is 9.59 Å². The van der Waals surface area contributed by atoms with Crippen molar-refractivity contribution < 1.29 is 9.59 Å². The Morgan fingerprint density at radius 2 is 1.95 bits per heavy atom. The molecule has 1 unspecified atom stereocenters. The Bertz CT molecular complexity index is 297. The lowest BCUT2D eigenvalue weighted by Crippen LogP contribution is -2.42. The molecule has 112 valence electrons. The van der Waals surface area contributed by atoms with E-state index in [0.29, 0.717) is 12.5 Å². The minimum atomic E-state index is -0.449. The van der Waals surface area contributed by atoms with E-state index < -0.39 is 5.41 Å². The van der Waals surface area contributed by atoms with Gasteiger partial charge in [0, 0.05) is 12.0 Å². The molecule has 1 fully saturated rings. The second-order valence-corrected chi connectivity index (χ2v) is 5.93. The summed E-state index contributed by atoms with van der Waals surface area (Å²) in [7, 11) is 0. The molecule has 0 radical (unpaired) electrons. The quantitative estimate of drug-likeness (QED) is 0.698. The highest BCUT2D eigenvalue weighted by Gasteiger charge is 2.21. The van der Waals surface area contributed by atoms with Crippen molar-refractivity contribution in [3.63, 3.8) is 0 Å². The molecule has 19 heavy (non-hydrogen) atoms. The predicted molar refractivity (Wildman–Crippen MR) is 78.3 cm³/mol. The normalized spacial score (nSPS) is 18.6. The van der Waals surface area contributed by atoms with Gasteiger partial charge >= 0.3 is 0 Å². The third kappa shape index (κ3) is 7.38. The average molecular weight is 292 g/mol. The SMILES string of the molecule is CC(C)(C)C(=O)NCC(=O)NCCC1CCNC1.Cl. The van der Waals surface area contributed by atoms with E-state index in [2.05, 4.69) is 16.0 Å². The zero-order valence-electron chi connectivity index (χ0n) is 12.0. The lowest BCUT2D eigenvalue weighted by Gasteiger charge is -2.17. The van der Waals surface area contributed by atoms with Crippen LogP contribution in [0.1, 0.15) is 33.6 Å². The van der Waals surface area contributed by atoms with Crippen LogP contribution in [0.3, 0.4) is 0 Å². The van der Waals surface area contributed by atoms with Gasteiger partial charge in [-0.25, -0.2) is 0 Å². The second kappa shape index (κ2) is 8.38. The van der Waals surface area contributed by atoms with Crippen molar-refractivity contribution in [2.24, 2.45) is 11.3 Å². The molecule has 0 aromatic heterocycles. The van der Waals surface area contributed by atoms with Crippen LogP contribution < -0.4 is 16.0 Å². The summed E-state index contributed by atoms with van der Waals surface area (Å²) in [6, 6.07) is 0. The standard InChI is InChI=1S/C13H25N3O2.ClH/c1-13(2,3)12(18)16-9-11(17)15-7-5-10-4-6-14-8-10;/h10,14H,4-9H2,1-3H3,(H,15,17)(H,16,18);1H. The first kappa shape index (κ1) is 18.2. The van der Waals surface area contributed by atoms with Crippen LogP contribution in [0.15, 0.2) is 0 Å². The monoisotopic (exact) mass is 291 g/mol. The summed E-state index contributed by atoms with van der Waals surface area (Å²) in [6.07, 6.45) is 2.20. The van der Waals surface area contributed by atoms with Gasteiger partial charge in [-0.3, -0.25) is 9.59 Å². The van der Waals surface area contributed by atoms with Crippen molar-refractivity contribution in [3.8, 4) is 0 Å². The van der Waals surface area contributed by atoms with Crippen molar-refractivity contribution in [3.05, 3.63) is 0 Å². The molecule has 1 atom stereocenters. The number of carbonyl (C=O) groups excluding carboxylic acids is 2. The summed E-state index contributed by atoms with van der Waals surface area (Å²) in [4.78, 5) is 23.1. The Kier molecular flexibility index (Phi) is 8.02. The van der Waals surface area contributed by atoms with Crippen molar-refractivity contribution in [1.82, 2.24) is 16.0 Å². The van der Waals surface area contributed by atoms with Crippen molar-refractivity contribution in [2.45, 2.75) is 33.6 Å². The maximum absolute atomic E-state index is 11.6. The fourth-order valence-electron chi connectivity index (χ4n) is 1.86. The van der Waals surface area contributed by atoms with Gasteiger partial charge in [-0.1, -0.05) is 20.8 Å². The molecule has 6 heteroatoms. The summed E-state index contributed by atoms with van der Waals surface area (Å²) in [5.74, 6) is 0.464. The van der Waals surface area contributed by atoms with Crippen LogP contribution >= 0.6 is 12.4 Å². The van der Waals surface area contributed by atoms with E-state index in [1.165, 1.54) is 6.42 Å². The number of halogens is 1. The number of nitrogens with one attached hydrogen (secondary N) is 3. The number of amides is 2. The van der Waals surface area contributed by atoms with Gasteiger partial charge in [0.1, 0.15) is 0 Å². The lowest BCUT2D eigenvalue weighted by atomic mass is 9.96. The molecule has 0 aliphatic carbocycles. The van der Waals surface area contributed by atoms with Crippen LogP contribution in [0.4, 0.5) is 0 Å². The smallest absolute Gasteiger partial charge is 0.239 e. The molecular formula is C13H26ClN3O2. The predicted octanol–water partition coefficient (Wildman–Crippen LogP) is 0.686. The minimum absolute atomic E-state index is 0. The molecule has 1 aliphatic heterocycles. The molecule has 1 aliphatic rings. The minimum Gasteiger partial charge on any atom is -0.355 e. The highest BCUT2D eigenvalue weighted by molar-refractivity contribution is 5.87. The maximum Gasteiger partial charge on any atom is 0.239 e. The zero-order chi connectivity index (χ0) is 13.6. The van der Waals surface area contributed by atoms with E-state index in [1.54, 1.807) is 0 Å². The summed E-state index contributed by atoms with van der Waals surface area (Å²) < 4.78 is 0. The van der Waals surface area contributed by atoms with Crippen LogP contribution in [0.5, 0.6) is 0 Å². The largest absolute Gasteiger partial charge is 0.355 e. The van der Waals surface area contributed by atoms with Gasteiger partial charge in [0.25, 0.3) is 0 Å². The molecule has 5 nitrogen and oxygen atoms in total. The van der Waals surface area contributed by atoms with Gasteiger partial charge in [0.05, 0.1) is 6.54 Å². The molecule has 1 saturated heterocycles. The first-order valence-electron chi connectivity index (χ1n) is 6.65. The van der Waals surface area contributed by atoms with E-state index in [4.69, 9.17) is 0 Å². The fourth-order valence-corrected chi connectivity index (χ4v) is 1.86. The van der Waals surface area contributed by atoms with Gasteiger partial charge in [0.15, 0.2) is 0 Å². The Balaban J connectivity index is 0.00000324. The van der Waals surface area contributed by atoms with Crippen LogP contribution in [0.2, 0.25) is 0 Å². The molecule has 0 saturated carbocycles. The number of hydrogen-bond acceptors (Lipinski definition) is 3. The maximum atomic E-state index is 11.6. The van der Waals surface area contributed by atoms with Crippen molar-refractivity contribution in [1.29, 1.82) is 0 Å². The van der Waals surface area contributed by atoms with Crippen molar-refractivity contribution >= 4 is 24.2 Å². The highest BCUT2D eigenvalue weighted by Crippen LogP contribution is 2.12. The van der Waals surface area contributed by atoms with Gasteiger partial charge in [0.2, 0.25) is 11.8 Å². The summed E-state index contributed by atoms with van der Waals surface area (Å²) in [5.41, 5.74) is -0.449. The fraction of sp³-hybridized carbons (Fsp3) is 0.846. The van der Waals surface area contributed by atoms with Gasteiger partial charge in [-0.05, 0) is 31.8 Å². The first-order chi connectivity index (χ1) is 8.39. The van der Waals surface area contributed by atoms with Crippen LogP contribution in [-0.4, -0.2) is 38.0 Å². The zero-order valence-corrected chi connectivity index (χ0v) is 12.9. The van der Waals surface area contributed by atoms with Gasteiger partial charge in [-0.2, -0.15) is 0 Å². The summed E-state index contributed by atoms with van der Waals surface area (Å²) in [6.45, 7) is 8.38. The average Bonchev–Trinajstić information content (AvgIpc) is 2.77. The third-order valence-electron chi connectivity index (χ3n) is 3.13. The van der Waals surface area contributed by atoms with Gasteiger partial charge < -0.3 is 16.0 Å². The topological polar surface area (TPSA) is 70.2 Å². The Morgan fingerprint density at radius 3 is 2.47 bits per heavy atom.